The Labute approximate surface area is 128 Å². The summed E-state index contributed by atoms with van der Waals surface area (Å²) in [5, 5.41) is 0. The Balaban J connectivity index is 1.94. The Morgan fingerprint density at radius 3 is 2.35 bits per heavy atom. The van der Waals surface area contributed by atoms with Crippen LogP contribution in [0.2, 0.25) is 0 Å². The highest BCUT2D eigenvalue weighted by molar-refractivity contribution is 14.1. The van der Waals surface area contributed by atoms with E-state index in [1.807, 2.05) is 24.3 Å². The number of hydrogen-bond acceptors (Lipinski definition) is 2. The molecule has 0 saturated carbocycles. The molecule has 102 valence electrons. The van der Waals surface area contributed by atoms with E-state index in [0.29, 0.717) is 6.61 Å². The van der Waals surface area contributed by atoms with Gasteiger partial charge in [-0.3, -0.25) is 0 Å². The van der Waals surface area contributed by atoms with E-state index >= 15 is 0 Å². The smallest absolute Gasteiger partial charge is 0.222 e. The number of aliphatic imine (C=N–C) groups is 1. The van der Waals surface area contributed by atoms with Crippen LogP contribution in [0.15, 0.2) is 47.5 Å². The first-order chi connectivity index (χ1) is 9.65. The van der Waals surface area contributed by atoms with Crippen molar-refractivity contribution in [1.82, 2.24) is 0 Å². The molecule has 2 aromatic rings. The first-order valence-corrected chi connectivity index (χ1v) is 7.13. The quantitative estimate of drug-likeness (QED) is 0.714. The van der Waals surface area contributed by atoms with Crippen LogP contribution in [-0.4, -0.2) is 12.5 Å². The largest absolute Gasteiger partial charge is 0.475 e. The molecular weight excluding hydrogens is 375 g/mol. The van der Waals surface area contributed by atoms with E-state index in [1.165, 1.54) is 18.2 Å². The van der Waals surface area contributed by atoms with Gasteiger partial charge in [-0.25, -0.2) is 13.8 Å². The first kappa shape index (κ1) is 13.5. The van der Waals surface area contributed by atoms with Crippen molar-refractivity contribution < 1.29 is 13.5 Å². The predicted octanol–water partition coefficient (Wildman–Crippen LogP) is 4.09. The summed E-state index contributed by atoms with van der Waals surface area (Å²) in [6, 6.07) is 11.3. The maximum absolute atomic E-state index is 13.7. The van der Waals surface area contributed by atoms with E-state index in [2.05, 4.69) is 27.6 Å². The summed E-state index contributed by atoms with van der Waals surface area (Å²) in [4.78, 5) is 4.29. The van der Waals surface area contributed by atoms with Crippen molar-refractivity contribution in [2.75, 3.05) is 6.61 Å². The third-order valence-corrected chi connectivity index (χ3v) is 3.80. The van der Waals surface area contributed by atoms with Gasteiger partial charge in [0.15, 0.2) is 0 Å². The lowest BCUT2D eigenvalue weighted by molar-refractivity contribution is 0.317. The van der Waals surface area contributed by atoms with Gasteiger partial charge in [-0.15, -0.1) is 0 Å². The lowest BCUT2D eigenvalue weighted by atomic mass is 10.1. The minimum Gasteiger partial charge on any atom is -0.475 e. The fraction of sp³-hybridized carbons (Fsp3) is 0.133. The topological polar surface area (TPSA) is 21.6 Å². The summed E-state index contributed by atoms with van der Waals surface area (Å²) in [7, 11) is 0. The van der Waals surface area contributed by atoms with Crippen molar-refractivity contribution in [2.24, 2.45) is 4.99 Å². The minimum absolute atomic E-state index is 0.0316. The molecule has 2 nitrogen and oxygen atoms in total. The Morgan fingerprint density at radius 2 is 1.70 bits per heavy atom. The molecule has 1 aliphatic rings. The summed E-state index contributed by atoms with van der Waals surface area (Å²) in [6.07, 6.45) is 0. The summed E-state index contributed by atoms with van der Waals surface area (Å²) >= 11 is 2.22. The van der Waals surface area contributed by atoms with Crippen LogP contribution < -0.4 is 0 Å². The van der Waals surface area contributed by atoms with E-state index in [0.717, 1.165) is 9.13 Å². The maximum atomic E-state index is 13.7. The predicted molar refractivity (Wildman–Crippen MR) is 80.7 cm³/mol. The molecule has 1 unspecified atom stereocenters. The zero-order chi connectivity index (χ0) is 14.1. The second kappa shape index (κ2) is 5.47. The normalized spacial score (nSPS) is 17.8. The molecule has 0 amide bonds. The van der Waals surface area contributed by atoms with Crippen LogP contribution in [0.3, 0.4) is 0 Å². The van der Waals surface area contributed by atoms with Crippen molar-refractivity contribution in [3.8, 4) is 0 Å². The molecule has 2 aromatic carbocycles. The van der Waals surface area contributed by atoms with E-state index in [1.54, 1.807) is 0 Å². The lowest BCUT2D eigenvalue weighted by Crippen LogP contribution is -2.07. The molecule has 1 aliphatic heterocycles. The lowest BCUT2D eigenvalue weighted by Gasteiger charge is -2.04. The fourth-order valence-corrected chi connectivity index (χ4v) is 2.43. The highest BCUT2D eigenvalue weighted by Gasteiger charge is 2.25. The van der Waals surface area contributed by atoms with Crippen LogP contribution in [0.1, 0.15) is 17.2 Å². The number of benzene rings is 2. The van der Waals surface area contributed by atoms with Crippen LogP contribution in [0.4, 0.5) is 8.78 Å². The number of hydrogen-bond donors (Lipinski definition) is 0. The van der Waals surface area contributed by atoms with Gasteiger partial charge in [0.25, 0.3) is 0 Å². The van der Waals surface area contributed by atoms with E-state index in [-0.39, 0.29) is 17.5 Å². The molecule has 0 fully saturated rings. The molecule has 3 rings (SSSR count). The van der Waals surface area contributed by atoms with Gasteiger partial charge < -0.3 is 4.74 Å². The van der Waals surface area contributed by atoms with Gasteiger partial charge in [0, 0.05) is 3.57 Å². The highest BCUT2D eigenvalue weighted by atomic mass is 127. The monoisotopic (exact) mass is 385 g/mol. The van der Waals surface area contributed by atoms with E-state index in [9.17, 15) is 8.78 Å². The SMILES string of the molecule is Fc1cccc(F)c1C1=NC(c2ccc(I)cc2)CO1. The summed E-state index contributed by atoms with van der Waals surface area (Å²) in [6.45, 7) is 0.295. The van der Waals surface area contributed by atoms with Crippen LogP contribution in [0.5, 0.6) is 0 Å². The van der Waals surface area contributed by atoms with E-state index in [4.69, 9.17) is 4.74 Å². The molecule has 0 aromatic heterocycles. The average Bonchev–Trinajstić information content (AvgIpc) is 2.89. The van der Waals surface area contributed by atoms with Crippen molar-refractivity contribution in [1.29, 1.82) is 0 Å². The first-order valence-electron chi connectivity index (χ1n) is 6.05. The third kappa shape index (κ3) is 2.54. The summed E-state index contributed by atoms with van der Waals surface area (Å²) in [5.41, 5.74) is 0.776. The molecule has 0 spiro atoms. The third-order valence-electron chi connectivity index (χ3n) is 3.08. The Bertz CT molecular complexity index is 650. The molecule has 0 aliphatic carbocycles. The molecule has 0 radical (unpaired) electrons. The number of nitrogens with zero attached hydrogens (tertiary/aromatic N) is 1. The molecule has 1 atom stereocenters. The molecule has 1 heterocycles. The van der Waals surface area contributed by atoms with Crippen molar-refractivity contribution in [3.63, 3.8) is 0 Å². The second-order valence-corrected chi connectivity index (χ2v) is 5.65. The zero-order valence-electron chi connectivity index (χ0n) is 10.3. The molecule has 20 heavy (non-hydrogen) atoms. The zero-order valence-corrected chi connectivity index (χ0v) is 12.5. The van der Waals surface area contributed by atoms with Crippen LogP contribution in [-0.2, 0) is 4.74 Å². The average molecular weight is 385 g/mol. The molecule has 0 saturated heterocycles. The second-order valence-electron chi connectivity index (χ2n) is 4.41. The molecule has 5 heteroatoms. The minimum atomic E-state index is -0.660. The van der Waals surface area contributed by atoms with Gasteiger partial charge in [-0.05, 0) is 52.4 Å². The van der Waals surface area contributed by atoms with E-state index < -0.39 is 11.6 Å². The summed E-state index contributed by atoms with van der Waals surface area (Å²) < 4.78 is 33.9. The van der Waals surface area contributed by atoms with Gasteiger partial charge in [-0.1, -0.05) is 18.2 Å². The van der Waals surface area contributed by atoms with Crippen LogP contribution in [0, 0.1) is 15.2 Å². The molecule has 0 bridgehead atoms. The van der Waals surface area contributed by atoms with Crippen molar-refractivity contribution >= 4 is 28.5 Å². The number of halogens is 3. The maximum Gasteiger partial charge on any atom is 0.222 e. The Morgan fingerprint density at radius 1 is 1.05 bits per heavy atom. The van der Waals surface area contributed by atoms with Gasteiger partial charge in [0.1, 0.15) is 29.8 Å². The van der Waals surface area contributed by atoms with Gasteiger partial charge in [-0.2, -0.15) is 0 Å². The summed E-state index contributed by atoms with van der Waals surface area (Å²) in [5.74, 6) is -1.29. The molecular formula is C15H10F2INO. The number of rotatable bonds is 2. The van der Waals surface area contributed by atoms with Crippen LogP contribution >= 0.6 is 22.6 Å². The van der Waals surface area contributed by atoms with Gasteiger partial charge >= 0.3 is 0 Å². The Hall–Kier alpha value is -1.50. The van der Waals surface area contributed by atoms with Crippen molar-refractivity contribution in [2.45, 2.75) is 6.04 Å². The van der Waals surface area contributed by atoms with Gasteiger partial charge in [0.05, 0.1) is 0 Å². The fourth-order valence-electron chi connectivity index (χ4n) is 2.07. The van der Waals surface area contributed by atoms with Crippen LogP contribution in [0.25, 0.3) is 0 Å². The Kier molecular flexibility index (Phi) is 3.69. The standard InChI is InChI=1S/C15H10F2INO/c16-11-2-1-3-12(17)14(11)15-19-13(8-20-15)9-4-6-10(18)7-5-9/h1-7,13H,8H2. The number of ether oxygens (including phenoxy) is 1. The molecule has 0 N–H and O–H groups in total. The van der Waals surface area contributed by atoms with Gasteiger partial charge in [0.2, 0.25) is 5.90 Å². The highest BCUT2D eigenvalue weighted by Crippen LogP contribution is 2.27. The van der Waals surface area contributed by atoms with Crippen molar-refractivity contribution in [3.05, 3.63) is 68.8 Å².